The molecule has 0 aliphatic rings. The van der Waals surface area contributed by atoms with Gasteiger partial charge in [0.25, 0.3) is 5.91 Å². The van der Waals surface area contributed by atoms with Gasteiger partial charge in [0.15, 0.2) is 17.3 Å². The number of rotatable bonds is 4. The zero-order valence-electron chi connectivity index (χ0n) is 9.79. The molecule has 1 atom stereocenters. The van der Waals surface area contributed by atoms with Crippen molar-refractivity contribution in [2.75, 3.05) is 0 Å². The van der Waals surface area contributed by atoms with Gasteiger partial charge in [0, 0.05) is 0 Å². The first-order valence-electron chi connectivity index (χ1n) is 5.30. The Kier molecular flexibility index (Phi) is 4.36. The van der Waals surface area contributed by atoms with Crippen LogP contribution in [-0.4, -0.2) is 33.2 Å². The van der Waals surface area contributed by atoms with E-state index < -0.39 is 17.7 Å². The molecule has 7 nitrogen and oxygen atoms in total. The number of aromatic hydroxyl groups is 2. The third kappa shape index (κ3) is 2.82. The van der Waals surface area contributed by atoms with Gasteiger partial charge in [0.05, 0.1) is 11.6 Å². The highest BCUT2D eigenvalue weighted by atomic mass is 16.4. The molecule has 0 aromatic heterocycles. The number of para-hydroxylation sites is 1. The van der Waals surface area contributed by atoms with E-state index >= 15 is 0 Å². The number of carbonyl (C=O) groups is 1. The van der Waals surface area contributed by atoms with Gasteiger partial charge < -0.3 is 26.5 Å². The van der Waals surface area contributed by atoms with E-state index in [9.17, 15) is 15.0 Å². The molecule has 0 spiro atoms. The average molecular weight is 253 g/mol. The summed E-state index contributed by atoms with van der Waals surface area (Å²) in [4.78, 5) is 11.8. The summed E-state index contributed by atoms with van der Waals surface area (Å²) in [5.41, 5.74) is 5.31. The van der Waals surface area contributed by atoms with Gasteiger partial charge in [0.1, 0.15) is 0 Å². The largest absolute Gasteiger partial charge is 0.504 e. The number of nitrogens with zero attached hydrogens (tertiary/aromatic N) is 1. The van der Waals surface area contributed by atoms with Crippen molar-refractivity contribution in [3.63, 3.8) is 0 Å². The van der Waals surface area contributed by atoms with Gasteiger partial charge >= 0.3 is 0 Å². The maximum atomic E-state index is 11.8. The summed E-state index contributed by atoms with van der Waals surface area (Å²) in [6.45, 7) is 1.74. The fourth-order valence-corrected chi connectivity index (χ4v) is 1.41. The topological polar surface area (TPSA) is 128 Å². The van der Waals surface area contributed by atoms with Gasteiger partial charge in [-0.3, -0.25) is 4.79 Å². The van der Waals surface area contributed by atoms with E-state index in [0.717, 1.165) is 0 Å². The van der Waals surface area contributed by atoms with Crippen LogP contribution in [-0.2, 0) is 0 Å². The molecule has 6 N–H and O–H groups in total. The molecule has 0 aliphatic carbocycles. The van der Waals surface area contributed by atoms with Crippen LogP contribution in [0.15, 0.2) is 23.4 Å². The molecule has 0 aliphatic heterocycles. The van der Waals surface area contributed by atoms with Crippen molar-refractivity contribution >= 4 is 11.7 Å². The smallest absolute Gasteiger partial charge is 0.255 e. The lowest BCUT2D eigenvalue weighted by Crippen LogP contribution is -2.44. The van der Waals surface area contributed by atoms with E-state index in [1.54, 1.807) is 6.92 Å². The normalized spacial score (nSPS) is 13.1. The fraction of sp³-hybridized carbons (Fsp3) is 0.273. The molecule has 1 rings (SSSR count). The number of phenolic OH excluding ortho intramolecular Hbond substituents is 2. The summed E-state index contributed by atoms with van der Waals surface area (Å²) in [6.07, 6.45) is 0.418. The number of phenols is 2. The summed E-state index contributed by atoms with van der Waals surface area (Å²) in [7, 11) is 0. The van der Waals surface area contributed by atoms with Crippen LogP contribution < -0.4 is 11.1 Å². The lowest BCUT2D eigenvalue weighted by atomic mass is 10.1. The standard InChI is InChI=1S/C11H15N3O4/c1-2-7(10(12)14-18)13-11(17)6-4-3-5-8(15)9(6)16/h3-5,7,15-16,18H,2H2,1H3,(H2,12,14)(H,13,17). The maximum absolute atomic E-state index is 11.8. The van der Waals surface area contributed by atoms with Crippen molar-refractivity contribution < 1.29 is 20.2 Å². The second kappa shape index (κ2) is 5.76. The molecule has 0 radical (unpaired) electrons. The Balaban J connectivity index is 2.91. The molecule has 0 bridgehead atoms. The van der Waals surface area contributed by atoms with Crippen LogP contribution in [0.3, 0.4) is 0 Å². The quantitative estimate of drug-likeness (QED) is 0.174. The van der Waals surface area contributed by atoms with Crippen LogP contribution in [0.5, 0.6) is 11.5 Å². The summed E-state index contributed by atoms with van der Waals surface area (Å²) in [5, 5.41) is 32.6. The maximum Gasteiger partial charge on any atom is 0.255 e. The molecule has 98 valence electrons. The minimum absolute atomic E-state index is 0.0841. The van der Waals surface area contributed by atoms with Crippen LogP contribution in [0, 0.1) is 0 Å². The van der Waals surface area contributed by atoms with Crippen LogP contribution in [0.1, 0.15) is 23.7 Å². The Hall–Kier alpha value is -2.44. The summed E-state index contributed by atoms with van der Waals surface area (Å²) < 4.78 is 0. The third-order valence-corrected chi connectivity index (χ3v) is 2.45. The molecular weight excluding hydrogens is 238 g/mol. The van der Waals surface area contributed by atoms with E-state index in [2.05, 4.69) is 10.5 Å². The zero-order chi connectivity index (χ0) is 13.7. The van der Waals surface area contributed by atoms with Gasteiger partial charge in [-0.2, -0.15) is 0 Å². The highest BCUT2D eigenvalue weighted by Crippen LogP contribution is 2.27. The molecule has 18 heavy (non-hydrogen) atoms. The average Bonchev–Trinajstić information content (AvgIpc) is 2.37. The van der Waals surface area contributed by atoms with E-state index in [1.807, 2.05) is 0 Å². The second-order valence-electron chi connectivity index (χ2n) is 3.63. The first kappa shape index (κ1) is 13.6. The number of nitrogens with two attached hydrogens (primary N) is 1. The molecule has 1 amide bonds. The van der Waals surface area contributed by atoms with Gasteiger partial charge in [0.2, 0.25) is 0 Å². The monoisotopic (exact) mass is 253 g/mol. The molecule has 7 heteroatoms. The summed E-state index contributed by atoms with van der Waals surface area (Å²) >= 11 is 0. The lowest BCUT2D eigenvalue weighted by molar-refractivity contribution is 0.0942. The summed E-state index contributed by atoms with van der Waals surface area (Å²) in [5.74, 6) is -1.66. The van der Waals surface area contributed by atoms with Crippen LogP contribution in [0.25, 0.3) is 0 Å². The minimum Gasteiger partial charge on any atom is -0.504 e. The molecule has 1 aromatic rings. The van der Waals surface area contributed by atoms with Crippen LogP contribution in [0.4, 0.5) is 0 Å². The van der Waals surface area contributed by atoms with Crippen molar-refractivity contribution in [1.29, 1.82) is 0 Å². The third-order valence-electron chi connectivity index (χ3n) is 2.45. The van der Waals surface area contributed by atoms with Gasteiger partial charge in [-0.15, -0.1) is 0 Å². The summed E-state index contributed by atoms with van der Waals surface area (Å²) in [6, 6.07) is 3.38. The molecule has 0 saturated heterocycles. The van der Waals surface area contributed by atoms with E-state index in [4.69, 9.17) is 10.9 Å². The number of hydrogen-bond acceptors (Lipinski definition) is 5. The molecule has 1 aromatic carbocycles. The minimum atomic E-state index is -0.649. The number of hydrogen-bond donors (Lipinski definition) is 5. The Morgan fingerprint density at radius 1 is 1.50 bits per heavy atom. The van der Waals surface area contributed by atoms with E-state index in [0.29, 0.717) is 6.42 Å². The number of nitrogens with one attached hydrogen (secondary N) is 1. The Labute approximate surface area is 104 Å². The molecular formula is C11H15N3O4. The number of carbonyl (C=O) groups excluding carboxylic acids is 1. The van der Waals surface area contributed by atoms with Crippen molar-refractivity contribution in [3.05, 3.63) is 23.8 Å². The number of amidine groups is 1. The van der Waals surface area contributed by atoms with E-state index in [1.165, 1.54) is 18.2 Å². The Morgan fingerprint density at radius 2 is 2.17 bits per heavy atom. The predicted octanol–water partition coefficient (Wildman–Crippen LogP) is 0.353. The molecule has 0 heterocycles. The highest BCUT2D eigenvalue weighted by molar-refractivity contribution is 6.00. The van der Waals surface area contributed by atoms with Crippen LogP contribution >= 0.6 is 0 Å². The second-order valence-corrected chi connectivity index (χ2v) is 3.63. The lowest BCUT2D eigenvalue weighted by Gasteiger charge is -2.15. The fourth-order valence-electron chi connectivity index (χ4n) is 1.41. The molecule has 0 saturated carbocycles. The van der Waals surface area contributed by atoms with Gasteiger partial charge in [-0.05, 0) is 18.6 Å². The SMILES string of the molecule is CCC(NC(=O)c1cccc(O)c1O)/C(N)=N/O. The number of amides is 1. The predicted molar refractivity (Wildman–Crippen MR) is 64.7 cm³/mol. The number of oxime groups is 1. The Bertz CT molecular complexity index is 473. The van der Waals surface area contributed by atoms with Gasteiger partial charge in [-0.25, -0.2) is 0 Å². The molecule has 0 fully saturated rings. The van der Waals surface area contributed by atoms with Crippen molar-refractivity contribution in [2.45, 2.75) is 19.4 Å². The van der Waals surface area contributed by atoms with Gasteiger partial charge in [-0.1, -0.05) is 18.1 Å². The molecule has 1 unspecified atom stereocenters. The van der Waals surface area contributed by atoms with Crippen molar-refractivity contribution in [1.82, 2.24) is 5.32 Å². The van der Waals surface area contributed by atoms with Crippen LogP contribution in [0.2, 0.25) is 0 Å². The van der Waals surface area contributed by atoms with E-state index in [-0.39, 0.29) is 17.1 Å². The first-order valence-corrected chi connectivity index (χ1v) is 5.30. The first-order chi connectivity index (χ1) is 8.51. The van der Waals surface area contributed by atoms with Crippen molar-refractivity contribution in [2.24, 2.45) is 10.9 Å². The highest BCUT2D eigenvalue weighted by Gasteiger charge is 2.19. The Morgan fingerprint density at radius 3 is 2.72 bits per heavy atom. The zero-order valence-corrected chi connectivity index (χ0v) is 9.79. The van der Waals surface area contributed by atoms with Crippen molar-refractivity contribution in [3.8, 4) is 11.5 Å². The number of benzene rings is 1.